The number of H-pyrrole nitrogens is 1. The molecule has 2 N–H and O–H groups in total. The fourth-order valence-corrected chi connectivity index (χ4v) is 3.18. The lowest BCUT2D eigenvalue weighted by Gasteiger charge is -2.14. The SMILES string of the molecule is CC(C(=O)NCCc1c[nH]c2ccccc12)n1nc(-c2ccco2)ccc1=O. The molecule has 1 unspecified atom stereocenters. The molecule has 4 rings (SSSR count). The number of para-hydroxylation sites is 1. The molecule has 0 aliphatic rings. The molecule has 0 saturated carbocycles. The van der Waals surface area contributed by atoms with Gasteiger partial charge < -0.3 is 14.7 Å². The maximum atomic E-state index is 12.5. The number of nitrogens with zero attached hydrogens (tertiary/aromatic N) is 2. The highest BCUT2D eigenvalue weighted by atomic mass is 16.3. The number of hydrogen-bond acceptors (Lipinski definition) is 4. The zero-order chi connectivity index (χ0) is 19.5. The Morgan fingerprint density at radius 2 is 2.07 bits per heavy atom. The van der Waals surface area contributed by atoms with Gasteiger partial charge in [-0.1, -0.05) is 18.2 Å². The van der Waals surface area contributed by atoms with Crippen molar-refractivity contribution in [3.63, 3.8) is 0 Å². The molecular weight excluding hydrogens is 356 g/mol. The van der Waals surface area contributed by atoms with E-state index in [1.807, 2.05) is 24.4 Å². The van der Waals surface area contributed by atoms with E-state index in [1.165, 1.54) is 17.0 Å². The van der Waals surface area contributed by atoms with E-state index < -0.39 is 6.04 Å². The molecule has 0 spiro atoms. The molecule has 0 aliphatic carbocycles. The van der Waals surface area contributed by atoms with Crippen molar-refractivity contribution in [1.29, 1.82) is 0 Å². The largest absolute Gasteiger partial charge is 0.463 e. The minimum atomic E-state index is -0.731. The van der Waals surface area contributed by atoms with E-state index in [4.69, 9.17) is 4.42 Å². The summed E-state index contributed by atoms with van der Waals surface area (Å²) in [5.74, 6) is 0.284. The predicted octanol–water partition coefficient (Wildman–Crippen LogP) is 2.90. The second-order valence-electron chi connectivity index (χ2n) is 6.56. The van der Waals surface area contributed by atoms with Crippen LogP contribution in [-0.4, -0.2) is 27.2 Å². The average Bonchev–Trinajstić information content (AvgIpc) is 3.38. The van der Waals surface area contributed by atoms with Crippen molar-refractivity contribution in [3.05, 3.63) is 76.9 Å². The minimum Gasteiger partial charge on any atom is -0.463 e. The third kappa shape index (κ3) is 3.46. The number of amides is 1. The summed E-state index contributed by atoms with van der Waals surface area (Å²) in [5.41, 5.74) is 2.37. The number of carbonyl (C=O) groups is 1. The summed E-state index contributed by atoms with van der Waals surface area (Å²) in [7, 11) is 0. The predicted molar refractivity (Wildman–Crippen MR) is 106 cm³/mol. The molecule has 0 bridgehead atoms. The van der Waals surface area contributed by atoms with E-state index >= 15 is 0 Å². The van der Waals surface area contributed by atoms with Gasteiger partial charge in [-0.3, -0.25) is 9.59 Å². The summed E-state index contributed by atoms with van der Waals surface area (Å²) in [5, 5.41) is 8.32. The number of hydrogen-bond donors (Lipinski definition) is 2. The van der Waals surface area contributed by atoms with Crippen LogP contribution in [0.25, 0.3) is 22.4 Å². The number of fused-ring (bicyclic) bond motifs is 1. The third-order valence-corrected chi connectivity index (χ3v) is 4.71. The number of aromatic amines is 1. The van der Waals surface area contributed by atoms with Crippen molar-refractivity contribution < 1.29 is 9.21 Å². The molecule has 0 saturated heterocycles. The molecule has 1 amide bonds. The maximum absolute atomic E-state index is 12.5. The molecule has 4 aromatic rings. The van der Waals surface area contributed by atoms with Gasteiger partial charge in [-0.2, -0.15) is 5.10 Å². The van der Waals surface area contributed by atoms with Gasteiger partial charge in [0.15, 0.2) is 5.76 Å². The van der Waals surface area contributed by atoms with Crippen molar-refractivity contribution in [2.75, 3.05) is 6.54 Å². The van der Waals surface area contributed by atoms with Crippen molar-refractivity contribution in [1.82, 2.24) is 20.1 Å². The number of benzene rings is 1. The smallest absolute Gasteiger partial charge is 0.267 e. The molecule has 7 nitrogen and oxygen atoms in total. The van der Waals surface area contributed by atoms with Crippen molar-refractivity contribution in [2.24, 2.45) is 0 Å². The van der Waals surface area contributed by atoms with Crippen LogP contribution in [0.5, 0.6) is 0 Å². The fourth-order valence-electron chi connectivity index (χ4n) is 3.18. The maximum Gasteiger partial charge on any atom is 0.267 e. The molecule has 3 heterocycles. The first kappa shape index (κ1) is 17.8. The Morgan fingerprint density at radius 1 is 1.21 bits per heavy atom. The molecule has 1 atom stereocenters. The van der Waals surface area contributed by atoms with Crippen LogP contribution in [0.4, 0.5) is 0 Å². The van der Waals surface area contributed by atoms with Crippen LogP contribution in [0.1, 0.15) is 18.5 Å². The summed E-state index contributed by atoms with van der Waals surface area (Å²) in [6.45, 7) is 2.12. The molecular formula is C21H20N4O3. The van der Waals surface area contributed by atoms with Crippen LogP contribution in [0.3, 0.4) is 0 Å². The first-order valence-electron chi connectivity index (χ1n) is 9.10. The Morgan fingerprint density at radius 3 is 2.89 bits per heavy atom. The summed E-state index contributed by atoms with van der Waals surface area (Å²) >= 11 is 0. The number of furan rings is 1. The van der Waals surface area contributed by atoms with E-state index in [9.17, 15) is 9.59 Å². The van der Waals surface area contributed by atoms with Crippen molar-refractivity contribution in [3.8, 4) is 11.5 Å². The molecule has 0 fully saturated rings. The quantitative estimate of drug-likeness (QED) is 0.541. The van der Waals surface area contributed by atoms with Crippen LogP contribution < -0.4 is 10.9 Å². The Balaban J connectivity index is 1.43. The van der Waals surface area contributed by atoms with Crippen LogP contribution in [0.2, 0.25) is 0 Å². The number of rotatable bonds is 6. The highest BCUT2D eigenvalue weighted by Gasteiger charge is 2.18. The van der Waals surface area contributed by atoms with Crippen LogP contribution in [0, 0.1) is 0 Å². The van der Waals surface area contributed by atoms with E-state index in [0.717, 1.165) is 16.5 Å². The fraction of sp³-hybridized carbons (Fsp3) is 0.190. The molecule has 3 aromatic heterocycles. The lowest BCUT2D eigenvalue weighted by Crippen LogP contribution is -2.37. The van der Waals surface area contributed by atoms with E-state index in [-0.39, 0.29) is 11.5 Å². The van der Waals surface area contributed by atoms with Gasteiger partial charge in [-0.05, 0) is 43.2 Å². The molecule has 142 valence electrons. The van der Waals surface area contributed by atoms with Gasteiger partial charge in [0, 0.05) is 29.7 Å². The Hall–Kier alpha value is -3.61. The molecule has 1 aromatic carbocycles. The van der Waals surface area contributed by atoms with Gasteiger partial charge in [-0.25, -0.2) is 4.68 Å². The number of nitrogens with one attached hydrogen (secondary N) is 2. The van der Waals surface area contributed by atoms with Crippen LogP contribution in [-0.2, 0) is 11.2 Å². The summed E-state index contributed by atoms with van der Waals surface area (Å²) in [4.78, 5) is 27.9. The van der Waals surface area contributed by atoms with Crippen molar-refractivity contribution in [2.45, 2.75) is 19.4 Å². The lowest BCUT2D eigenvalue weighted by atomic mass is 10.1. The van der Waals surface area contributed by atoms with Gasteiger partial charge >= 0.3 is 0 Å². The second-order valence-corrected chi connectivity index (χ2v) is 6.56. The second kappa shape index (κ2) is 7.56. The van der Waals surface area contributed by atoms with Crippen LogP contribution >= 0.6 is 0 Å². The summed E-state index contributed by atoms with van der Waals surface area (Å²) < 4.78 is 6.49. The molecule has 0 radical (unpaired) electrons. The molecule has 0 aliphatic heterocycles. The van der Waals surface area contributed by atoms with E-state index in [1.54, 1.807) is 25.1 Å². The Kier molecular flexibility index (Phi) is 4.80. The standard InChI is InChI=1S/C21H20N4O3/c1-14(25-20(26)9-8-18(24-25)19-7-4-12-28-19)21(27)22-11-10-15-13-23-17-6-3-2-5-16(15)17/h2-9,12-14,23H,10-11H2,1H3,(H,22,27). The van der Waals surface area contributed by atoms with Gasteiger partial charge in [0.1, 0.15) is 11.7 Å². The van der Waals surface area contributed by atoms with Gasteiger partial charge in [0.05, 0.1) is 6.26 Å². The summed E-state index contributed by atoms with van der Waals surface area (Å²) in [6, 6.07) is 13.8. The van der Waals surface area contributed by atoms with Gasteiger partial charge in [0.25, 0.3) is 5.56 Å². The lowest BCUT2D eigenvalue weighted by molar-refractivity contribution is -0.124. The monoisotopic (exact) mass is 376 g/mol. The Labute approximate surface area is 161 Å². The topological polar surface area (TPSA) is 92.9 Å². The van der Waals surface area contributed by atoms with Crippen LogP contribution in [0.15, 0.2) is 70.2 Å². The molecule has 7 heteroatoms. The first-order chi connectivity index (χ1) is 13.6. The normalized spacial score (nSPS) is 12.2. The van der Waals surface area contributed by atoms with Gasteiger partial charge in [-0.15, -0.1) is 0 Å². The van der Waals surface area contributed by atoms with Crippen molar-refractivity contribution >= 4 is 16.8 Å². The number of carbonyl (C=O) groups excluding carboxylic acids is 1. The highest BCUT2D eigenvalue weighted by Crippen LogP contribution is 2.18. The molecule has 28 heavy (non-hydrogen) atoms. The van der Waals surface area contributed by atoms with E-state index in [2.05, 4.69) is 21.5 Å². The zero-order valence-electron chi connectivity index (χ0n) is 15.4. The third-order valence-electron chi connectivity index (χ3n) is 4.71. The highest BCUT2D eigenvalue weighted by molar-refractivity contribution is 5.83. The van der Waals surface area contributed by atoms with Gasteiger partial charge in [0.2, 0.25) is 5.91 Å². The first-order valence-corrected chi connectivity index (χ1v) is 9.10. The zero-order valence-corrected chi connectivity index (χ0v) is 15.4. The summed E-state index contributed by atoms with van der Waals surface area (Å²) in [6.07, 6.45) is 4.18. The van der Waals surface area contributed by atoms with E-state index in [0.29, 0.717) is 24.4 Å². The average molecular weight is 376 g/mol. The number of aromatic nitrogens is 3. The minimum absolute atomic E-state index is 0.258. The Bertz CT molecular complexity index is 1160.